The third kappa shape index (κ3) is 2.70. The van der Waals surface area contributed by atoms with E-state index >= 15 is 0 Å². The molecule has 0 aliphatic carbocycles. The summed E-state index contributed by atoms with van der Waals surface area (Å²) >= 11 is 0. The van der Waals surface area contributed by atoms with Gasteiger partial charge in [-0.2, -0.15) is 0 Å². The van der Waals surface area contributed by atoms with Crippen molar-refractivity contribution >= 4 is 5.69 Å². The van der Waals surface area contributed by atoms with Gasteiger partial charge < -0.3 is 20.3 Å². The number of hydrogen-bond donors (Lipinski definition) is 4. The van der Waals surface area contributed by atoms with Gasteiger partial charge in [0.25, 0.3) is 5.56 Å². The van der Waals surface area contributed by atoms with Crippen molar-refractivity contribution in [3.63, 3.8) is 0 Å². The second-order valence-corrected chi connectivity index (χ2v) is 4.35. The molecule has 3 atom stereocenters. The Morgan fingerprint density at radius 3 is 2.89 bits per heavy atom. The standard InChI is InChI=1S/C11H17N3O5/c1-2-12-6-4-14(11(18)13-10(6)17)9-3-7(16)8(5-15)19-9/h4,7-9,12,15-16H,2-3,5H2,1H3,(H,13,17,18)/t7-,8+,9+/m1/s1. The topological polar surface area (TPSA) is 117 Å². The minimum atomic E-state index is -0.837. The number of nitrogens with zero attached hydrogens (tertiary/aromatic N) is 1. The summed E-state index contributed by atoms with van der Waals surface area (Å²) in [5, 5.41) is 21.5. The SMILES string of the molecule is CCNc1cn([C@@H]2C[C@@H](O)[C@H](CO)O2)c(=O)[nH]c1=O. The Bertz CT molecular complexity index is 552. The summed E-state index contributed by atoms with van der Waals surface area (Å²) < 4.78 is 6.58. The van der Waals surface area contributed by atoms with Gasteiger partial charge in [0, 0.05) is 19.2 Å². The highest BCUT2D eigenvalue weighted by Gasteiger charge is 2.35. The second kappa shape index (κ2) is 5.55. The number of aliphatic hydroxyl groups excluding tert-OH is 2. The molecule has 1 aromatic rings. The molecule has 2 rings (SSSR count). The van der Waals surface area contributed by atoms with Gasteiger partial charge in [-0.15, -0.1) is 0 Å². The molecule has 0 spiro atoms. The highest BCUT2D eigenvalue weighted by molar-refractivity contribution is 5.37. The maximum Gasteiger partial charge on any atom is 0.330 e. The predicted molar refractivity (Wildman–Crippen MR) is 67.1 cm³/mol. The molecule has 1 aromatic heterocycles. The van der Waals surface area contributed by atoms with Crippen LogP contribution < -0.4 is 16.6 Å². The third-order valence-electron chi connectivity index (χ3n) is 3.03. The summed E-state index contributed by atoms with van der Waals surface area (Å²) in [5.41, 5.74) is -0.851. The third-order valence-corrected chi connectivity index (χ3v) is 3.03. The smallest absolute Gasteiger partial charge is 0.330 e. The van der Waals surface area contributed by atoms with Crippen LogP contribution in [0.1, 0.15) is 19.6 Å². The molecule has 4 N–H and O–H groups in total. The molecular formula is C11H17N3O5. The van der Waals surface area contributed by atoms with Gasteiger partial charge in [-0.1, -0.05) is 0 Å². The lowest BCUT2D eigenvalue weighted by molar-refractivity contribution is -0.0458. The monoisotopic (exact) mass is 271 g/mol. The number of nitrogens with one attached hydrogen (secondary N) is 2. The van der Waals surface area contributed by atoms with Gasteiger partial charge in [0.05, 0.1) is 12.7 Å². The fourth-order valence-electron chi connectivity index (χ4n) is 2.07. The Kier molecular flexibility index (Phi) is 4.03. The maximum atomic E-state index is 11.7. The number of aliphatic hydroxyl groups is 2. The normalized spacial score (nSPS) is 26.6. The molecule has 19 heavy (non-hydrogen) atoms. The molecule has 1 fully saturated rings. The largest absolute Gasteiger partial charge is 0.394 e. The van der Waals surface area contributed by atoms with E-state index in [0.717, 1.165) is 0 Å². The van der Waals surface area contributed by atoms with E-state index in [0.29, 0.717) is 6.54 Å². The van der Waals surface area contributed by atoms with Crippen LogP contribution >= 0.6 is 0 Å². The van der Waals surface area contributed by atoms with E-state index in [4.69, 9.17) is 9.84 Å². The summed E-state index contributed by atoms with van der Waals surface area (Å²) in [7, 11) is 0. The van der Waals surface area contributed by atoms with E-state index in [1.807, 2.05) is 6.92 Å². The van der Waals surface area contributed by atoms with E-state index < -0.39 is 29.7 Å². The zero-order chi connectivity index (χ0) is 14.0. The molecule has 0 bridgehead atoms. The van der Waals surface area contributed by atoms with Crippen LogP contribution in [-0.4, -0.2) is 45.1 Å². The van der Waals surface area contributed by atoms with Crippen LogP contribution in [0.15, 0.2) is 15.8 Å². The number of ether oxygens (including phenoxy) is 1. The molecular weight excluding hydrogens is 254 g/mol. The number of hydrogen-bond acceptors (Lipinski definition) is 6. The van der Waals surface area contributed by atoms with Crippen LogP contribution in [0, 0.1) is 0 Å². The maximum absolute atomic E-state index is 11.7. The van der Waals surface area contributed by atoms with Gasteiger partial charge >= 0.3 is 5.69 Å². The predicted octanol–water partition coefficient (Wildman–Crippen LogP) is -1.39. The van der Waals surface area contributed by atoms with Crippen molar-refractivity contribution < 1.29 is 14.9 Å². The Hall–Kier alpha value is -1.64. The molecule has 8 nitrogen and oxygen atoms in total. The van der Waals surface area contributed by atoms with Crippen molar-refractivity contribution in [2.45, 2.75) is 31.8 Å². The Morgan fingerprint density at radius 2 is 2.32 bits per heavy atom. The lowest BCUT2D eigenvalue weighted by atomic mass is 10.2. The number of aromatic nitrogens is 2. The molecule has 8 heteroatoms. The minimum absolute atomic E-state index is 0.183. The van der Waals surface area contributed by atoms with Gasteiger partial charge in [-0.3, -0.25) is 14.3 Å². The summed E-state index contributed by atoms with van der Waals surface area (Å²) in [6, 6.07) is 0. The van der Waals surface area contributed by atoms with Gasteiger partial charge in [0.2, 0.25) is 0 Å². The highest BCUT2D eigenvalue weighted by Crippen LogP contribution is 2.27. The zero-order valence-corrected chi connectivity index (χ0v) is 10.5. The Morgan fingerprint density at radius 1 is 1.58 bits per heavy atom. The molecule has 106 valence electrons. The van der Waals surface area contributed by atoms with Crippen LogP contribution in [0.25, 0.3) is 0 Å². The van der Waals surface area contributed by atoms with E-state index in [1.54, 1.807) is 0 Å². The number of anilines is 1. The number of aromatic amines is 1. The molecule has 1 saturated heterocycles. The van der Waals surface area contributed by atoms with E-state index in [9.17, 15) is 14.7 Å². The Labute approximate surface area is 108 Å². The number of H-pyrrole nitrogens is 1. The van der Waals surface area contributed by atoms with Crippen LogP contribution in [-0.2, 0) is 4.74 Å². The highest BCUT2D eigenvalue weighted by atomic mass is 16.5. The van der Waals surface area contributed by atoms with Crippen LogP contribution in [0.4, 0.5) is 5.69 Å². The lowest BCUT2D eigenvalue weighted by Crippen LogP contribution is -2.33. The summed E-state index contributed by atoms with van der Waals surface area (Å²) in [5.74, 6) is 0. The fraction of sp³-hybridized carbons (Fsp3) is 0.636. The lowest BCUT2D eigenvalue weighted by Gasteiger charge is -2.15. The van der Waals surface area contributed by atoms with Crippen LogP contribution in [0.5, 0.6) is 0 Å². The molecule has 0 amide bonds. The Balaban J connectivity index is 2.33. The van der Waals surface area contributed by atoms with Crippen LogP contribution in [0.3, 0.4) is 0 Å². The first-order chi connectivity index (χ1) is 9.06. The first-order valence-corrected chi connectivity index (χ1v) is 6.10. The van der Waals surface area contributed by atoms with Crippen molar-refractivity contribution in [1.82, 2.24) is 9.55 Å². The molecule has 0 unspecified atom stereocenters. The average Bonchev–Trinajstić information content (AvgIpc) is 2.74. The molecule has 1 aliphatic rings. The first-order valence-electron chi connectivity index (χ1n) is 6.10. The van der Waals surface area contributed by atoms with Gasteiger partial charge in [0.1, 0.15) is 18.0 Å². The molecule has 1 aliphatic heterocycles. The van der Waals surface area contributed by atoms with Gasteiger partial charge in [-0.25, -0.2) is 4.79 Å². The molecule has 2 heterocycles. The van der Waals surface area contributed by atoms with Crippen molar-refractivity contribution in [2.24, 2.45) is 0 Å². The first kappa shape index (κ1) is 13.8. The zero-order valence-electron chi connectivity index (χ0n) is 10.5. The summed E-state index contributed by atoms with van der Waals surface area (Å²) in [6.45, 7) is 2.04. The van der Waals surface area contributed by atoms with Gasteiger partial charge in [0.15, 0.2) is 0 Å². The van der Waals surface area contributed by atoms with E-state index in [2.05, 4.69) is 10.3 Å². The van der Waals surface area contributed by atoms with Crippen molar-refractivity contribution in [3.05, 3.63) is 27.0 Å². The quantitative estimate of drug-likeness (QED) is 0.535. The fourth-order valence-corrected chi connectivity index (χ4v) is 2.07. The number of rotatable bonds is 4. The summed E-state index contributed by atoms with van der Waals surface area (Å²) in [6.07, 6.45) is -0.707. The molecule has 0 saturated carbocycles. The average molecular weight is 271 g/mol. The van der Waals surface area contributed by atoms with Crippen molar-refractivity contribution in [3.8, 4) is 0 Å². The minimum Gasteiger partial charge on any atom is -0.394 e. The van der Waals surface area contributed by atoms with Crippen molar-refractivity contribution in [1.29, 1.82) is 0 Å². The van der Waals surface area contributed by atoms with Crippen molar-refractivity contribution in [2.75, 3.05) is 18.5 Å². The summed E-state index contributed by atoms with van der Waals surface area (Å²) in [4.78, 5) is 25.4. The van der Waals surface area contributed by atoms with E-state index in [1.165, 1.54) is 10.8 Å². The second-order valence-electron chi connectivity index (χ2n) is 4.35. The molecule has 0 aromatic carbocycles. The van der Waals surface area contributed by atoms with Crippen LogP contribution in [0.2, 0.25) is 0 Å². The van der Waals surface area contributed by atoms with Gasteiger partial charge in [-0.05, 0) is 6.92 Å². The molecule has 0 radical (unpaired) electrons. The van der Waals surface area contributed by atoms with E-state index in [-0.39, 0.29) is 18.7 Å².